The van der Waals surface area contributed by atoms with Gasteiger partial charge in [-0.3, -0.25) is 4.98 Å². The van der Waals surface area contributed by atoms with E-state index in [1.165, 1.54) is 12.1 Å². The summed E-state index contributed by atoms with van der Waals surface area (Å²) in [5, 5.41) is 0. The number of pyridine rings is 1. The van der Waals surface area contributed by atoms with E-state index in [0.717, 1.165) is 11.8 Å². The molecule has 2 nitrogen and oxygen atoms in total. The van der Waals surface area contributed by atoms with Crippen LogP contribution >= 0.6 is 0 Å². The van der Waals surface area contributed by atoms with Crippen LogP contribution in [0.5, 0.6) is 0 Å². The zero-order chi connectivity index (χ0) is 13.0. The lowest BCUT2D eigenvalue weighted by Gasteiger charge is -2.12. The maximum absolute atomic E-state index is 13.0. The van der Waals surface area contributed by atoms with Gasteiger partial charge in [-0.25, -0.2) is 8.78 Å². The third-order valence-corrected chi connectivity index (χ3v) is 2.75. The Labute approximate surface area is 104 Å². The molecule has 0 fully saturated rings. The quantitative estimate of drug-likeness (QED) is 0.903. The minimum absolute atomic E-state index is 0.391. The first-order valence-corrected chi connectivity index (χ1v) is 5.76. The fourth-order valence-corrected chi connectivity index (χ4v) is 1.81. The van der Waals surface area contributed by atoms with Gasteiger partial charge in [0.15, 0.2) is 0 Å². The van der Waals surface area contributed by atoms with Crippen LogP contribution in [0.3, 0.4) is 0 Å². The number of benzene rings is 1. The number of nitrogens with two attached hydrogens (primary N) is 1. The van der Waals surface area contributed by atoms with Gasteiger partial charge in [0.2, 0.25) is 0 Å². The minimum Gasteiger partial charge on any atom is -0.324 e. The van der Waals surface area contributed by atoms with Gasteiger partial charge in [0.25, 0.3) is 0 Å². The average molecular weight is 248 g/mol. The fraction of sp³-hybridized carbons (Fsp3) is 0.214. The smallest absolute Gasteiger partial charge is 0.126 e. The summed E-state index contributed by atoms with van der Waals surface area (Å²) in [6.07, 6.45) is 2.99. The largest absolute Gasteiger partial charge is 0.324 e. The van der Waals surface area contributed by atoms with Crippen molar-refractivity contribution >= 4 is 0 Å². The van der Waals surface area contributed by atoms with Crippen molar-refractivity contribution in [3.8, 4) is 0 Å². The summed E-state index contributed by atoms with van der Waals surface area (Å²) in [6.45, 7) is 0. The highest BCUT2D eigenvalue weighted by atomic mass is 19.1. The Balaban J connectivity index is 2.01. The molecule has 0 saturated carbocycles. The van der Waals surface area contributed by atoms with Crippen molar-refractivity contribution in [2.75, 3.05) is 0 Å². The van der Waals surface area contributed by atoms with Crippen LogP contribution in [0.25, 0.3) is 0 Å². The lowest BCUT2D eigenvalue weighted by Crippen LogP contribution is -2.12. The predicted molar refractivity (Wildman–Crippen MR) is 65.8 cm³/mol. The highest BCUT2D eigenvalue weighted by molar-refractivity contribution is 5.21. The second kappa shape index (κ2) is 5.69. The molecule has 4 heteroatoms. The zero-order valence-electron chi connectivity index (χ0n) is 9.81. The predicted octanol–water partition coefficient (Wildman–Crippen LogP) is 2.99. The van der Waals surface area contributed by atoms with Gasteiger partial charge in [-0.15, -0.1) is 0 Å². The Morgan fingerprint density at radius 2 is 1.83 bits per heavy atom. The Kier molecular flexibility index (Phi) is 3.99. The summed E-state index contributed by atoms with van der Waals surface area (Å²) >= 11 is 0. The van der Waals surface area contributed by atoms with Crippen molar-refractivity contribution in [2.24, 2.45) is 5.73 Å². The Morgan fingerprint density at radius 3 is 2.44 bits per heavy atom. The molecule has 0 radical (unpaired) electrons. The minimum atomic E-state index is -0.599. The van der Waals surface area contributed by atoms with Crippen LogP contribution in [0.4, 0.5) is 8.78 Å². The monoisotopic (exact) mass is 248 g/mol. The van der Waals surface area contributed by atoms with Crippen LogP contribution in [0, 0.1) is 11.6 Å². The van der Waals surface area contributed by atoms with Crippen LogP contribution < -0.4 is 5.73 Å². The molecule has 0 bridgehead atoms. The first-order chi connectivity index (χ1) is 8.65. The van der Waals surface area contributed by atoms with Gasteiger partial charge in [-0.2, -0.15) is 0 Å². The van der Waals surface area contributed by atoms with E-state index < -0.39 is 17.7 Å². The van der Waals surface area contributed by atoms with Crippen LogP contribution in [0.2, 0.25) is 0 Å². The van der Waals surface area contributed by atoms with Gasteiger partial charge < -0.3 is 5.73 Å². The molecule has 0 aliphatic heterocycles. The number of hydrogen-bond acceptors (Lipinski definition) is 2. The van der Waals surface area contributed by atoms with E-state index in [0.29, 0.717) is 18.4 Å². The van der Waals surface area contributed by atoms with Crippen LogP contribution in [-0.2, 0) is 6.42 Å². The summed E-state index contributed by atoms with van der Waals surface area (Å²) in [7, 11) is 0. The average Bonchev–Trinajstić information content (AvgIpc) is 2.36. The van der Waals surface area contributed by atoms with Gasteiger partial charge in [0, 0.05) is 24.0 Å². The second-order valence-corrected chi connectivity index (χ2v) is 4.17. The van der Waals surface area contributed by atoms with E-state index in [-0.39, 0.29) is 0 Å². The highest BCUT2D eigenvalue weighted by Crippen LogP contribution is 2.18. The summed E-state index contributed by atoms with van der Waals surface area (Å²) < 4.78 is 26.1. The maximum atomic E-state index is 13.0. The third kappa shape index (κ3) is 3.34. The standard InChI is InChI=1S/C14H14F2N2/c15-11-7-10(8-12(16)9-11)14(17)5-4-13-3-1-2-6-18-13/h1-3,6-9,14H,4-5,17H2. The number of rotatable bonds is 4. The molecule has 0 amide bonds. The van der Waals surface area contributed by atoms with Crippen molar-refractivity contribution in [2.45, 2.75) is 18.9 Å². The van der Waals surface area contributed by atoms with Crippen LogP contribution in [0.1, 0.15) is 23.7 Å². The van der Waals surface area contributed by atoms with E-state index >= 15 is 0 Å². The van der Waals surface area contributed by atoms with E-state index in [1.807, 2.05) is 18.2 Å². The van der Waals surface area contributed by atoms with Gasteiger partial charge in [0.05, 0.1) is 0 Å². The molecular weight excluding hydrogens is 234 g/mol. The van der Waals surface area contributed by atoms with Crippen molar-refractivity contribution in [3.05, 3.63) is 65.5 Å². The van der Waals surface area contributed by atoms with Crippen molar-refractivity contribution in [3.63, 3.8) is 0 Å². The lowest BCUT2D eigenvalue weighted by atomic mass is 10.0. The van der Waals surface area contributed by atoms with E-state index in [4.69, 9.17) is 5.73 Å². The summed E-state index contributed by atoms with van der Waals surface area (Å²) in [4.78, 5) is 4.18. The van der Waals surface area contributed by atoms with E-state index in [1.54, 1.807) is 6.20 Å². The van der Waals surface area contributed by atoms with Crippen molar-refractivity contribution < 1.29 is 8.78 Å². The van der Waals surface area contributed by atoms with Crippen LogP contribution in [0.15, 0.2) is 42.6 Å². The molecule has 1 atom stereocenters. The van der Waals surface area contributed by atoms with Gasteiger partial charge in [-0.1, -0.05) is 6.07 Å². The maximum Gasteiger partial charge on any atom is 0.126 e. The molecule has 0 spiro atoms. The first-order valence-electron chi connectivity index (χ1n) is 5.76. The van der Waals surface area contributed by atoms with E-state index in [2.05, 4.69) is 4.98 Å². The summed E-state index contributed by atoms with van der Waals surface area (Å²) in [5.74, 6) is -1.20. The number of hydrogen-bond donors (Lipinski definition) is 1. The topological polar surface area (TPSA) is 38.9 Å². The van der Waals surface area contributed by atoms with Crippen molar-refractivity contribution in [1.29, 1.82) is 0 Å². The van der Waals surface area contributed by atoms with Gasteiger partial charge in [0.1, 0.15) is 11.6 Å². The Hall–Kier alpha value is -1.81. The molecule has 0 aliphatic carbocycles. The lowest BCUT2D eigenvalue weighted by molar-refractivity contribution is 0.566. The number of nitrogens with zero attached hydrogens (tertiary/aromatic N) is 1. The summed E-state index contributed by atoms with van der Waals surface area (Å²) in [6, 6.07) is 8.63. The molecule has 1 unspecified atom stereocenters. The molecule has 1 aromatic heterocycles. The molecule has 1 aromatic carbocycles. The SMILES string of the molecule is NC(CCc1ccccn1)c1cc(F)cc(F)c1. The number of aromatic nitrogens is 1. The highest BCUT2D eigenvalue weighted by Gasteiger charge is 2.09. The van der Waals surface area contributed by atoms with Gasteiger partial charge in [-0.05, 0) is 42.7 Å². The molecule has 18 heavy (non-hydrogen) atoms. The molecule has 0 aliphatic rings. The first kappa shape index (κ1) is 12.6. The van der Waals surface area contributed by atoms with Crippen molar-refractivity contribution in [1.82, 2.24) is 4.98 Å². The molecule has 0 saturated heterocycles. The molecule has 2 aromatic rings. The van der Waals surface area contributed by atoms with E-state index in [9.17, 15) is 8.78 Å². The number of halogens is 2. The number of aryl methyl sites for hydroxylation is 1. The fourth-order valence-electron chi connectivity index (χ4n) is 1.81. The molecule has 1 heterocycles. The Morgan fingerprint density at radius 1 is 1.11 bits per heavy atom. The summed E-state index contributed by atoms with van der Waals surface area (Å²) in [5.41, 5.74) is 7.32. The van der Waals surface area contributed by atoms with Crippen LogP contribution in [-0.4, -0.2) is 4.98 Å². The Bertz CT molecular complexity index is 494. The zero-order valence-corrected chi connectivity index (χ0v) is 9.81. The van der Waals surface area contributed by atoms with Gasteiger partial charge >= 0.3 is 0 Å². The second-order valence-electron chi connectivity index (χ2n) is 4.17. The third-order valence-electron chi connectivity index (χ3n) is 2.75. The molecular formula is C14H14F2N2. The molecule has 2 N–H and O–H groups in total. The normalized spacial score (nSPS) is 12.4. The molecule has 2 rings (SSSR count). The molecule has 94 valence electrons.